The number of H-pyrrole nitrogens is 1. The number of aromatic amines is 1. The first-order valence-corrected chi connectivity index (χ1v) is 14.9. The second kappa shape index (κ2) is 10.5. The summed E-state index contributed by atoms with van der Waals surface area (Å²) in [5.41, 5.74) is 3.14. The Morgan fingerprint density at radius 2 is 1.95 bits per heavy atom. The van der Waals surface area contributed by atoms with Gasteiger partial charge in [-0.2, -0.15) is 18.3 Å². The molecule has 6 rings (SSSR count). The lowest BCUT2D eigenvalue weighted by atomic mass is 9.58. The van der Waals surface area contributed by atoms with E-state index in [-0.39, 0.29) is 37.0 Å². The zero-order valence-electron chi connectivity index (χ0n) is 21.6. The summed E-state index contributed by atoms with van der Waals surface area (Å²) in [6.45, 7) is 1.00. The number of rotatable bonds is 4. The molecule has 4 aliphatic rings. The van der Waals surface area contributed by atoms with E-state index in [0.717, 1.165) is 0 Å². The zero-order valence-corrected chi connectivity index (χ0v) is 24.8. The minimum atomic E-state index is -4.58. The molecule has 218 valence electrons. The molecule has 1 amide bonds. The molecule has 0 bridgehead atoms. The molecule has 2 aromatic rings. The number of halogens is 5. The van der Waals surface area contributed by atoms with Gasteiger partial charge in [0.1, 0.15) is 16.1 Å². The molecule has 0 radical (unpaired) electrons. The summed E-state index contributed by atoms with van der Waals surface area (Å²) in [6, 6.07) is 2.52. The fourth-order valence-electron chi connectivity index (χ4n) is 6.82. The van der Waals surface area contributed by atoms with Crippen LogP contribution >= 0.6 is 31.9 Å². The molecule has 1 saturated heterocycles. The summed E-state index contributed by atoms with van der Waals surface area (Å²) >= 11 is 6.88. The number of hydrazone groups is 1. The third-order valence-electron chi connectivity index (χ3n) is 8.59. The number of nitrogens with zero attached hydrogens (tertiary/aromatic N) is 5. The Hall–Kier alpha value is -2.81. The van der Waals surface area contributed by atoms with Gasteiger partial charge in [-0.3, -0.25) is 24.1 Å². The van der Waals surface area contributed by atoms with Gasteiger partial charge >= 0.3 is 11.9 Å². The highest BCUT2D eigenvalue weighted by Crippen LogP contribution is 2.51. The van der Waals surface area contributed by atoms with Crippen molar-refractivity contribution in [2.75, 3.05) is 19.6 Å². The molecule has 3 aliphatic heterocycles. The fourth-order valence-corrected chi connectivity index (χ4v) is 7.94. The third-order valence-corrected chi connectivity index (χ3v) is 9.69. The van der Waals surface area contributed by atoms with Crippen LogP contribution in [0.1, 0.15) is 38.1 Å². The number of likely N-dealkylation sites (tertiary alicyclic amines) is 1. The molecule has 3 unspecified atom stereocenters. The standard InChI is InChI=1S/C26H26Br2F3N7O3/c27-14-10-25-9-13(19(40)16(11-26(29,30)31)20(25)35-36-21(25)22(28)33-12-14)8-18(39)37-6-3-15(4-7-37)38-17-2-1-5-32-23(17)34-24(38)41/h1-2,5,10,13,15-16,20,35H,3-4,6-9,11-12H2,(H,32,34,41)/t13?,16?,20?,25-/m0/s1. The highest BCUT2D eigenvalue weighted by Gasteiger charge is 2.60. The molecule has 2 fully saturated rings. The van der Waals surface area contributed by atoms with E-state index < -0.39 is 41.7 Å². The van der Waals surface area contributed by atoms with Gasteiger partial charge in [-0.1, -0.05) is 22.0 Å². The topological polar surface area (TPSA) is 125 Å². The molecule has 0 aromatic carbocycles. The largest absolute Gasteiger partial charge is 0.389 e. The number of carbonyl (C=O) groups excluding carboxylic acids is 2. The molecule has 10 nitrogen and oxygen atoms in total. The first kappa shape index (κ1) is 28.3. The van der Waals surface area contributed by atoms with Crippen molar-refractivity contribution >= 4 is 65.0 Å². The number of piperidine rings is 1. The van der Waals surface area contributed by atoms with Crippen LogP contribution in [0.3, 0.4) is 0 Å². The average molecular weight is 701 g/mol. The van der Waals surface area contributed by atoms with Crippen LogP contribution in [0.4, 0.5) is 13.2 Å². The number of alkyl halides is 3. The van der Waals surface area contributed by atoms with E-state index in [0.29, 0.717) is 51.9 Å². The number of carbonyl (C=O) groups is 2. The third kappa shape index (κ3) is 5.08. The molecule has 1 saturated carbocycles. The van der Waals surface area contributed by atoms with E-state index in [9.17, 15) is 27.6 Å². The van der Waals surface area contributed by atoms with Gasteiger partial charge in [-0.25, -0.2) is 9.78 Å². The Balaban J connectivity index is 1.22. The zero-order chi connectivity index (χ0) is 29.1. The summed E-state index contributed by atoms with van der Waals surface area (Å²) in [4.78, 5) is 52.6. The molecular weight excluding hydrogens is 675 g/mol. The van der Waals surface area contributed by atoms with E-state index in [1.54, 1.807) is 27.8 Å². The van der Waals surface area contributed by atoms with Crippen molar-refractivity contribution in [2.24, 2.45) is 27.3 Å². The number of fused-ring (bicyclic) bond motifs is 1. The number of hydrogen-bond acceptors (Lipinski definition) is 7. The number of aliphatic imine (C=N–C) groups is 1. The Kier molecular flexibility index (Phi) is 7.23. The highest BCUT2D eigenvalue weighted by molar-refractivity contribution is 9.19. The molecule has 1 aliphatic carbocycles. The molecule has 2 aromatic heterocycles. The van der Waals surface area contributed by atoms with Crippen LogP contribution in [0.25, 0.3) is 11.2 Å². The van der Waals surface area contributed by atoms with Crippen molar-refractivity contribution in [3.8, 4) is 0 Å². The lowest BCUT2D eigenvalue weighted by molar-refractivity contribution is -0.163. The molecule has 41 heavy (non-hydrogen) atoms. The van der Waals surface area contributed by atoms with Crippen LogP contribution in [-0.4, -0.2) is 73.3 Å². The first-order chi connectivity index (χ1) is 19.5. The fraction of sp³-hybridized carbons (Fsp3) is 0.538. The minimum Gasteiger partial charge on any atom is -0.343 e. The van der Waals surface area contributed by atoms with Gasteiger partial charge in [0, 0.05) is 48.1 Å². The van der Waals surface area contributed by atoms with Crippen molar-refractivity contribution < 1.29 is 22.8 Å². The van der Waals surface area contributed by atoms with E-state index in [1.165, 1.54) is 0 Å². The van der Waals surface area contributed by atoms with Crippen LogP contribution in [0, 0.1) is 17.3 Å². The molecule has 1 spiro atoms. The van der Waals surface area contributed by atoms with Crippen molar-refractivity contribution in [2.45, 2.75) is 50.4 Å². The summed E-state index contributed by atoms with van der Waals surface area (Å²) in [5.74, 6) is -3.20. The van der Waals surface area contributed by atoms with E-state index in [4.69, 9.17) is 0 Å². The summed E-state index contributed by atoms with van der Waals surface area (Å²) < 4.78 is 43.9. The number of hydrogen-bond donors (Lipinski definition) is 2. The molecule has 5 heterocycles. The van der Waals surface area contributed by atoms with Crippen molar-refractivity contribution in [3.05, 3.63) is 39.4 Å². The van der Waals surface area contributed by atoms with Gasteiger partial charge in [0.05, 0.1) is 29.9 Å². The highest BCUT2D eigenvalue weighted by atomic mass is 79.9. The molecular formula is C26H26Br2F3N7O3. The lowest BCUT2D eigenvalue weighted by Gasteiger charge is -2.45. The Morgan fingerprint density at radius 3 is 2.68 bits per heavy atom. The summed E-state index contributed by atoms with van der Waals surface area (Å²) in [5, 5.41) is 4.32. The van der Waals surface area contributed by atoms with Crippen LogP contribution in [0.2, 0.25) is 0 Å². The Morgan fingerprint density at radius 1 is 1.20 bits per heavy atom. The summed E-state index contributed by atoms with van der Waals surface area (Å²) in [6.07, 6.45) is -1.49. The smallest absolute Gasteiger partial charge is 0.343 e. The number of Topliss-reactive ketones (excluding diaryl/α,β-unsaturated/α-hetero) is 1. The number of imidazole rings is 1. The van der Waals surface area contributed by atoms with Gasteiger partial charge in [0.2, 0.25) is 5.91 Å². The van der Waals surface area contributed by atoms with E-state index in [2.05, 4.69) is 57.3 Å². The molecule has 2 N–H and O–H groups in total. The number of pyridine rings is 1. The van der Waals surface area contributed by atoms with Crippen LogP contribution in [0.15, 0.2) is 43.8 Å². The Bertz CT molecular complexity index is 1560. The maximum absolute atomic E-state index is 13.7. The molecule has 4 atom stereocenters. The van der Waals surface area contributed by atoms with E-state index in [1.807, 2.05) is 6.07 Å². The number of nitrogens with one attached hydrogen (secondary N) is 2. The predicted molar refractivity (Wildman–Crippen MR) is 152 cm³/mol. The maximum atomic E-state index is 13.7. The lowest BCUT2D eigenvalue weighted by Crippen LogP contribution is -2.57. The minimum absolute atomic E-state index is 0.134. The van der Waals surface area contributed by atoms with Crippen LogP contribution in [0.5, 0.6) is 0 Å². The average Bonchev–Trinajstić information content (AvgIpc) is 3.42. The van der Waals surface area contributed by atoms with Crippen LogP contribution < -0.4 is 11.1 Å². The number of ketones is 1. The Labute approximate surface area is 248 Å². The second-order valence-electron chi connectivity index (χ2n) is 11.0. The molecule has 15 heteroatoms. The quantitative estimate of drug-likeness (QED) is 0.502. The van der Waals surface area contributed by atoms with Gasteiger partial charge in [-0.05, 0) is 47.3 Å². The number of amides is 1. The second-order valence-corrected chi connectivity index (χ2v) is 12.8. The van der Waals surface area contributed by atoms with Crippen molar-refractivity contribution in [1.29, 1.82) is 0 Å². The SMILES string of the molecule is O=C1C(CC(=O)N2CCC(n3c(=O)[nH]c4ncccc43)CC2)C[C@@]23C=C(Br)CN=C(Br)C2=NNC3C1CC(F)(F)F. The summed E-state index contributed by atoms with van der Waals surface area (Å²) in [7, 11) is 0. The van der Waals surface area contributed by atoms with Gasteiger partial charge in [-0.15, -0.1) is 0 Å². The normalized spacial score (nSPS) is 28.8. The van der Waals surface area contributed by atoms with Crippen molar-refractivity contribution in [1.82, 2.24) is 24.9 Å². The van der Waals surface area contributed by atoms with Crippen molar-refractivity contribution in [3.63, 3.8) is 0 Å². The van der Waals surface area contributed by atoms with E-state index >= 15 is 0 Å². The van der Waals surface area contributed by atoms with Gasteiger partial charge < -0.3 is 10.3 Å². The van der Waals surface area contributed by atoms with Gasteiger partial charge in [0.15, 0.2) is 5.65 Å². The van der Waals surface area contributed by atoms with Crippen LogP contribution in [-0.2, 0) is 9.59 Å². The monoisotopic (exact) mass is 699 g/mol. The number of aromatic nitrogens is 3. The predicted octanol–water partition coefficient (Wildman–Crippen LogP) is 3.84. The van der Waals surface area contributed by atoms with Gasteiger partial charge in [0.25, 0.3) is 0 Å². The first-order valence-electron chi connectivity index (χ1n) is 13.3. The maximum Gasteiger partial charge on any atom is 0.389 e.